The van der Waals surface area contributed by atoms with Crippen molar-refractivity contribution in [3.05, 3.63) is 35.2 Å². The average molecular weight is 415 g/mol. The van der Waals surface area contributed by atoms with Crippen LogP contribution in [0.1, 0.15) is 44.1 Å². The van der Waals surface area contributed by atoms with Gasteiger partial charge in [0, 0.05) is 30.3 Å². The molecule has 5 nitrogen and oxygen atoms in total. The van der Waals surface area contributed by atoms with Crippen molar-refractivity contribution in [1.29, 1.82) is 0 Å². The molecule has 0 spiro atoms. The molecule has 6 heteroatoms. The molecule has 2 aliphatic heterocycles. The molecular weight excluding hydrogens is 384 g/mol. The summed E-state index contributed by atoms with van der Waals surface area (Å²) >= 11 is 1.64. The van der Waals surface area contributed by atoms with Gasteiger partial charge in [0.1, 0.15) is 0 Å². The summed E-state index contributed by atoms with van der Waals surface area (Å²) in [4.78, 5) is 29.2. The van der Waals surface area contributed by atoms with Gasteiger partial charge in [0.2, 0.25) is 5.91 Å². The van der Waals surface area contributed by atoms with Crippen LogP contribution in [-0.2, 0) is 16.0 Å². The molecule has 29 heavy (non-hydrogen) atoms. The summed E-state index contributed by atoms with van der Waals surface area (Å²) in [7, 11) is 0. The summed E-state index contributed by atoms with van der Waals surface area (Å²) in [5, 5.41) is 12.9. The number of carbonyl (C=O) groups excluding carboxylic acids is 1. The highest BCUT2D eigenvalue weighted by atomic mass is 32.1. The molecule has 1 aromatic carbocycles. The standard InChI is InChI=1S/C23H30N2O3S/c26-22(25-12-8-19(9-13-25)24-10-4-1-5-11-24)15-17(23(27)28)14-18-16-29-21-7-3-2-6-20(18)21/h2-3,6-7,16-17,19H,1,4-5,8-15H2,(H,27,28). The third-order valence-electron chi connectivity index (χ3n) is 6.52. The van der Waals surface area contributed by atoms with E-state index < -0.39 is 11.9 Å². The van der Waals surface area contributed by atoms with Crippen LogP contribution < -0.4 is 0 Å². The van der Waals surface area contributed by atoms with Gasteiger partial charge in [-0.2, -0.15) is 0 Å². The lowest BCUT2D eigenvalue weighted by Gasteiger charge is -2.40. The van der Waals surface area contributed by atoms with Gasteiger partial charge in [-0.3, -0.25) is 9.59 Å². The van der Waals surface area contributed by atoms with Crippen molar-refractivity contribution in [2.24, 2.45) is 5.92 Å². The summed E-state index contributed by atoms with van der Waals surface area (Å²) in [5.74, 6) is -1.55. The molecule has 2 aromatic rings. The fourth-order valence-corrected chi connectivity index (χ4v) is 5.78. The zero-order chi connectivity index (χ0) is 20.2. The number of carbonyl (C=O) groups is 2. The Morgan fingerprint density at radius 1 is 1.07 bits per heavy atom. The summed E-state index contributed by atoms with van der Waals surface area (Å²) in [5.41, 5.74) is 1.04. The maximum atomic E-state index is 12.8. The molecule has 0 radical (unpaired) electrons. The molecule has 2 aliphatic rings. The molecule has 1 N–H and O–H groups in total. The molecule has 0 saturated carbocycles. The maximum Gasteiger partial charge on any atom is 0.307 e. The van der Waals surface area contributed by atoms with Crippen LogP contribution in [0.25, 0.3) is 10.1 Å². The van der Waals surface area contributed by atoms with Gasteiger partial charge in [0.15, 0.2) is 0 Å². The molecular formula is C23H30N2O3S. The Morgan fingerprint density at radius 2 is 1.79 bits per heavy atom. The van der Waals surface area contributed by atoms with Crippen LogP contribution in [0.15, 0.2) is 29.6 Å². The number of rotatable bonds is 6. The topological polar surface area (TPSA) is 60.9 Å². The number of carboxylic acid groups (broad SMARTS) is 1. The van der Waals surface area contributed by atoms with Gasteiger partial charge < -0.3 is 14.9 Å². The minimum absolute atomic E-state index is 0.00553. The quantitative estimate of drug-likeness (QED) is 0.776. The molecule has 1 aromatic heterocycles. The summed E-state index contributed by atoms with van der Waals surface area (Å²) < 4.78 is 1.16. The van der Waals surface area contributed by atoms with Crippen molar-refractivity contribution >= 4 is 33.3 Å². The first kappa shape index (κ1) is 20.4. The van der Waals surface area contributed by atoms with Gasteiger partial charge in [0.05, 0.1) is 5.92 Å². The summed E-state index contributed by atoms with van der Waals surface area (Å²) in [6, 6.07) is 8.65. The van der Waals surface area contributed by atoms with Crippen LogP contribution in [0.2, 0.25) is 0 Å². The van der Waals surface area contributed by atoms with Crippen LogP contribution in [0.4, 0.5) is 0 Å². The number of piperidine rings is 2. The first-order chi connectivity index (χ1) is 14.1. The van der Waals surface area contributed by atoms with Crippen molar-refractivity contribution in [1.82, 2.24) is 9.80 Å². The Hall–Kier alpha value is -1.92. The molecule has 0 aliphatic carbocycles. The van der Waals surface area contributed by atoms with Crippen LogP contribution in [0.5, 0.6) is 0 Å². The van der Waals surface area contributed by atoms with Gasteiger partial charge in [-0.15, -0.1) is 11.3 Å². The van der Waals surface area contributed by atoms with E-state index in [2.05, 4.69) is 11.0 Å². The van der Waals surface area contributed by atoms with E-state index in [1.54, 1.807) is 11.3 Å². The van der Waals surface area contributed by atoms with E-state index in [0.717, 1.165) is 41.6 Å². The van der Waals surface area contributed by atoms with Crippen molar-refractivity contribution in [2.75, 3.05) is 26.2 Å². The average Bonchev–Trinajstić information content (AvgIpc) is 3.17. The van der Waals surface area contributed by atoms with Gasteiger partial charge in [0.25, 0.3) is 0 Å². The molecule has 1 atom stereocenters. The second-order valence-electron chi connectivity index (χ2n) is 8.41. The predicted octanol–water partition coefficient (Wildman–Crippen LogP) is 4.01. The van der Waals surface area contributed by atoms with Gasteiger partial charge >= 0.3 is 5.97 Å². The molecule has 1 unspecified atom stereocenters. The first-order valence-corrected chi connectivity index (χ1v) is 11.7. The Morgan fingerprint density at radius 3 is 2.52 bits per heavy atom. The van der Waals surface area contributed by atoms with Crippen LogP contribution in [-0.4, -0.2) is 59.0 Å². The van der Waals surface area contributed by atoms with E-state index in [1.807, 2.05) is 28.5 Å². The Labute approximate surface area is 176 Å². The van der Waals surface area contributed by atoms with E-state index in [0.29, 0.717) is 12.5 Å². The van der Waals surface area contributed by atoms with Crippen molar-refractivity contribution in [2.45, 2.75) is 51.0 Å². The predicted molar refractivity (Wildman–Crippen MR) is 116 cm³/mol. The molecule has 2 saturated heterocycles. The first-order valence-electron chi connectivity index (χ1n) is 10.8. The second-order valence-corrected chi connectivity index (χ2v) is 9.32. The molecule has 0 bridgehead atoms. The van der Waals surface area contributed by atoms with Crippen LogP contribution in [0.3, 0.4) is 0 Å². The van der Waals surface area contributed by atoms with E-state index in [-0.39, 0.29) is 12.3 Å². The Bertz CT molecular complexity index is 851. The maximum absolute atomic E-state index is 12.8. The van der Waals surface area contributed by atoms with Crippen molar-refractivity contribution < 1.29 is 14.7 Å². The molecule has 1 amide bonds. The number of hydrogen-bond acceptors (Lipinski definition) is 4. The number of benzene rings is 1. The number of fused-ring (bicyclic) bond motifs is 1. The highest BCUT2D eigenvalue weighted by Gasteiger charge is 2.30. The lowest BCUT2D eigenvalue weighted by Crippen LogP contribution is -2.48. The number of aliphatic carboxylic acids is 1. The fraction of sp³-hybridized carbons (Fsp3) is 0.565. The second kappa shape index (κ2) is 9.26. The monoisotopic (exact) mass is 414 g/mol. The number of thiophene rings is 1. The molecule has 4 rings (SSSR count). The highest BCUT2D eigenvalue weighted by Crippen LogP contribution is 2.29. The largest absolute Gasteiger partial charge is 0.481 e. The molecule has 3 heterocycles. The highest BCUT2D eigenvalue weighted by molar-refractivity contribution is 7.17. The zero-order valence-electron chi connectivity index (χ0n) is 16.9. The smallest absolute Gasteiger partial charge is 0.307 e. The number of amides is 1. The van der Waals surface area contributed by atoms with Gasteiger partial charge in [-0.25, -0.2) is 0 Å². The van der Waals surface area contributed by atoms with E-state index in [4.69, 9.17) is 0 Å². The Kier molecular flexibility index (Phi) is 6.50. The van der Waals surface area contributed by atoms with Crippen LogP contribution in [0, 0.1) is 5.92 Å². The minimum atomic E-state index is -0.878. The van der Waals surface area contributed by atoms with Crippen LogP contribution >= 0.6 is 11.3 Å². The number of likely N-dealkylation sites (tertiary alicyclic amines) is 2. The number of carboxylic acids is 1. The SMILES string of the molecule is O=C(O)C(CC(=O)N1CCC(N2CCCCC2)CC1)Cc1csc2ccccc12. The summed E-state index contributed by atoms with van der Waals surface area (Å²) in [6.45, 7) is 3.89. The normalized spacial score (nSPS) is 20.1. The number of hydrogen-bond donors (Lipinski definition) is 1. The van der Waals surface area contributed by atoms with Crippen molar-refractivity contribution in [3.63, 3.8) is 0 Å². The van der Waals surface area contributed by atoms with Gasteiger partial charge in [-0.1, -0.05) is 24.6 Å². The molecule has 2 fully saturated rings. The lowest BCUT2D eigenvalue weighted by molar-refractivity contribution is -0.146. The lowest BCUT2D eigenvalue weighted by atomic mass is 9.94. The van der Waals surface area contributed by atoms with Crippen molar-refractivity contribution in [3.8, 4) is 0 Å². The number of nitrogens with zero attached hydrogens (tertiary/aromatic N) is 2. The minimum Gasteiger partial charge on any atom is -0.481 e. The summed E-state index contributed by atoms with van der Waals surface area (Å²) in [6.07, 6.45) is 6.44. The fourth-order valence-electron chi connectivity index (χ4n) is 4.81. The zero-order valence-corrected chi connectivity index (χ0v) is 17.7. The van der Waals surface area contributed by atoms with Gasteiger partial charge in [-0.05, 0) is 67.6 Å². The molecule has 156 valence electrons. The van der Waals surface area contributed by atoms with E-state index in [9.17, 15) is 14.7 Å². The van der Waals surface area contributed by atoms with E-state index >= 15 is 0 Å². The third kappa shape index (κ3) is 4.81. The Balaban J connectivity index is 1.34. The van der Waals surface area contributed by atoms with E-state index in [1.165, 1.54) is 32.4 Å². The third-order valence-corrected chi connectivity index (χ3v) is 7.53.